The molecule has 2 heterocycles. The SMILES string of the molecule is O=C(CN1CCN(C(=O)c2ccccc2CN2C(=O)CNC2=O)CC1)NC1CC1. The van der Waals surface area contributed by atoms with Gasteiger partial charge >= 0.3 is 6.03 Å². The zero-order valence-corrected chi connectivity index (χ0v) is 16.2. The van der Waals surface area contributed by atoms with Gasteiger partial charge in [0.25, 0.3) is 5.91 Å². The lowest BCUT2D eigenvalue weighted by molar-refractivity contribution is -0.125. The first kappa shape index (κ1) is 19.4. The number of piperazine rings is 1. The van der Waals surface area contributed by atoms with Crippen LogP contribution in [0.2, 0.25) is 0 Å². The van der Waals surface area contributed by atoms with Crippen molar-refractivity contribution in [2.45, 2.75) is 25.4 Å². The number of hydrogen-bond acceptors (Lipinski definition) is 5. The summed E-state index contributed by atoms with van der Waals surface area (Å²) < 4.78 is 0. The second kappa shape index (κ2) is 8.20. The molecule has 5 amide bonds. The number of urea groups is 1. The maximum atomic E-state index is 13.1. The van der Waals surface area contributed by atoms with Crippen LogP contribution in [0.15, 0.2) is 24.3 Å². The second-order valence-corrected chi connectivity index (χ2v) is 7.71. The molecule has 0 radical (unpaired) electrons. The third-order valence-electron chi connectivity index (χ3n) is 5.48. The fourth-order valence-corrected chi connectivity index (χ4v) is 3.64. The number of hydrogen-bond donors (Lipinski definition) is 2. The molecule has 3 aliphatic rings. The Morgan fingerprint density at radius 1 is 1.07 bits per heavy atom. The molecule has 1 aromatic rings. The molecule has 3 fully saturated rings. The fraction of sp³-hybridized carbons (Fsp3) is 0.500. The Morgan fingerprint density at radius 2 is 1.79 bits per heavy atom. The number of benzene rings is 1. The summed E-state index contributed by atoms with van der Waals surface area (Å²) in [4.78, 5) is 53.7. The highest BCUT2D eigenvalue weighted by Gasteiger charge is 2.31. The molecular formula is C20H25N5O4. The molecule has 2 N–H and O–H groups in total. The number of carbonyl (C=O) groups excluding carboxylic acids is 4. The zero-order chi connectivity index (χ0) is 20.4. The van der Waals surface area contributed by atoms with Crippen LogP contribution >= 0.6 is 0 Å². The molecular weight excluding hydrogens is 374 g/mol. The van der Waals surface area contributed by atoms with Crippen molar-refractivity contribution in [1.29, 1.82) is 0 Å². The molecule has 9 nitrogen and oxygen atoms in total. The van der Waals surface area contributed by atoms with Gasteiger partial charge in [-0.3, -0.25) is 24.2 Å². The van der Waals surface area contributed by atoms with Crippen LogP contribution in [-0.2, 0) is 16.1 Å². The average Bonchev–Trinajstić information content (AvgIpc) is 3.48. The van der Waals surface area contributed by atoms with Crippen LogP contribution in [0, 0.1) is 0 Å². The van der Waals surface area contributed by atoms with E-state index in [4.69, 9.17) is 0 Å². The second-order valence-electron chi connectivity index (χ2n) is 7.71. The number of nitrogens with zero attached hydrogens (tertiary/aromatic N) is 3. The molecule has 29 heavy (non-hydrogen) atoms. The standard InChI is InChI=1S/C20H25N5O4/c26-17(22-15-5-6-15)13-23-7-9-24(10-8-23)19(28)16-4-2-1-3-14(16)12-25-18(27)11-21-20(25)29/h1-4,15H,5-13H2,(H,21,29)(H,22,26). The molecule has 1 aliphatic carbocycles. The van der Waals surface area contributed by atoms with Gasteiger partial charge in [-0.25, -0.2) is 4.79 Å². The van der Waals surface area contributed by atoms with Crippen molar-refractivity contribution in [2.75, 3.05) is 39.3 Å². The van der Waals surface area contributed by atoms with Gasteiger partial charge in [-0.05, 0) is 24.5 Å². The number of amides is 5. The van der Waals surface area contributed by atoms with E-state index >= 15 is 0 Å². The summed E-state index contributed by atoms with van der Waals surface area (Å²) in [5, 5.41) is 5.48. The highest BCUT2D eigenvalue weighted by molar-refractivity contribution is 6.02. The van der Waals surface area contributed by atoms with Crippen molar-refractivity contribution in [3.8, 4) is 0 Å². The Morgan fingerprint density at radius 3 is 2.45 bits per heavy atom. The van der Waals surface area contributed by atoms with Crippen LogP contribution in [-0.4, -0.2) is 83.8 Å². The number of imide groups is 1. The van der Waals surface area contributed by atoms with Crippen molar-refractivity contribution in [1.82, 2.24) is 25.3 Å². The van der Waals surface area contributed by atoms with Gasteiger partial charge in [0.2, 0.25) is 11.8 Å². The highest BCUT2D eigenvalue weighted by Crippen LogP contribution is 2.19. The molecule has 2 saturated heterocycles. The first-order chi connectivity index (χ1) is 14.0. The minimum absolute atomic E-state index is 0.00870. The largest absolute Gasteiger partial charge is 0.352 e. The van der Waals surface area contributed by atoms with Crippen molar-refractivity contribution >= 4 is 23.8 Å². The third kappa shape index (κ3) is 4.56. The number of nitrogens with one attached hydrogen (secondary N) is 2. The van der Waals surface area contributed by atoms with Crippen molar-refractivity contribution in [3.63, 3.8) is 0 Å². The Labute approximate surface area is 169 Å². The van der Waals surface area contributed by atoms with E-state index in [2.05, 4.69) is 15.5 Å². The summed E-state index contributed by atoms with van der Waals surface area (Å²) >= 11 is 0. The minimum atomic E-state index is -0.435. The molecule has 0 aromatic heterocycles. The normalized spacial score (nSPS) is 20.0. The Kier molecular flexibility index (Phi) is 5.48. The molecule has 0 spiro atoms. The van der Waals surface area contributed by atoms with Gasteiger partial charge in [0.1, 0.15) is 0 Å². The first-order valence-corrected chi connectivity index (χ1v) is 9.98. The Balaban J connectivity index is 1.35. The smallest absolute Gasteiger partial charge is 0.324 e. The molecule has 0 bridgehead atoms. The third-order valence-corrected chi connectivity index (χ3v) is 5.48. The van der Waals surface area contributed by atoms with Gasteiger partial charge in [0, 0.05) is 37.8 Å². The maximum absolute atomic E-state index is 13.1. The average molecular weight is 399 g/mol. The van der Waals surface area contributed by atoms with Crippen molar-refractivity contribution < 1.29 is 19.2 Å². The summed E-state index contributed by atoms with van der Waals surface area (Å²) in [5.41, 5.74) is 1.15. The maximum Gasteiger partial charge on any atom is 0.324 e. The summed E-state index contributed by atoms with van der Waals surface area (Å²) in [6.07, 6.45) is 2.14. The first-order valence-electron chi connectivity index (χ1n) is 9.98. The summed E-state index contributed by atoms with van der Waals surface area (Å²) in [7, 11) is 0. The van der Waals surface area contributed by atoms with E-state index in [1.807, 2.05) is 0 Å². The van der Waals surface area contributed by atoms with E-state index in [9.17, 15) is 19.2 Å². The minimum Gasteiger partial charge on any atom is -0.352 e. The highest BCUT2D eigenvalue weighted by atomic mass is 16.2. The lowest BCUT2D eigenvalue weighted by atomic mass is 10.1. The van der Waals surface area contributed by atoms with Crippen LogP contribution < -0.4 is 10.6 Å². The Hall–Kier alpha value is -2.94. The van der Waals surface area contributed by atoms with Crippen LogP contribution in [0.4, 0.5) is 4.79 Å². The fourth-order valence-electron chi connectivity index (χ4n) is 3.64. The van der Waals surface area contributed by atoms with Gasteiger partial charge in [0.15, 0.2) is 0 Å². The van der Waals surface area contributed by atoms with Crippen molar-refractivity contribution in [3.05, 3.63) is 35.4 Å². The van der Waals surface area contributed by atoms with E-state index < -0.39 is 6.03 Å². The summed E-state index contributed by atoms with van der Waals surface area (Å²) in [5.74, 6) is -0.365. The number of carbonyl (C=O) groups is 4. The van der Waals surface area contributed by atoms with Crippen LogP contribution in [0.3, 0.4) is 0 Å². The summed E-state index contributed by atoms with van der Waals surface area (Å²) in [6.45, 7) is 2.78. The molecule has 2 aliphatic heterocycles. The molecule has 0 unspecified atom stereocenters. The van der Waals surface area contributed by atoms with Gasteiger partial charge < -0.3 is 15.5 Å². The van der Waals surface area contributed by atoms with Gasteiger partial charge in [-0.1, -0.05) is 18.2 Å². The van der Waals surface area contributed by atoms with E-state index in [0.717, 1.165) is 17.7 Å². The van der Waals surface area contributed by atoms with E-state index in [1.165, 1.54) is 0 Å². The van der Waals surface area contributed by atoms with Gasteiger partial charge in [-0.15, -0.1) is 0 Å². The van der Waals surface area contributed by atoms with Gasteiger partial charge in [0.05, 0.1) is 19.6 Å². The Bertz CT molecular complexity index is 814. The van der Waals surface area contributed by atoms with Crippen LogP contribution in [0.25, 0.3) is 0 Å². The molecule has 154 valence electrons. The topological polar surface area (TPSA) is 102 Å². The quantitative estimate of drug-likeness (QED) is 0.644. The molecule has 9 heteroatoms. The molecule has 1 saturated carbocycles. The van der Waals surface area contributed by atoms with E-state index in [1.54, 1.807) is 29.2 Å². The van der Waals surface area contributed by atoms with Gasteiger partial charge in [-0.2, -0.15) is 0 Å². The van der Waals surface area contributed by atoms with E-state index in [-0.39, 0.29) is 30.8 Å². The van der Waals surface area contributed by atoms with E-state index in [0.29, 0.717) is 49.9 Å². The molecule has 0 atom stereocenters. The monoisotopic (exact) mass is 399 g/mol. The lowest BCUT2D eigenvalue weighted by Crippen LogP contribution is -2.51. The predicted octanol–water partition coefficient (Wildman–Crippen LogP) is -0.225. The summed E-state index contributed by atoms with van der Waals surface area (Å²) in [6, 6.07) is 6.99. The number of rotatable bonds is 6. The zero-order valence-electron chi connectivity index (χ0n) is 16.2. The molecule has 1 aromatic carbocycles. The van der Waals surface area contributed by atoms with Crippen molar-refractivity contribution in [2.24, 2.45) is 0 Å². The van der Waals surface area contributed by atoms with Crippen LogP contribution in [0.5, 0.6) is 0 Å². The lowest BCUT2D eigenvalue weighted by Gasteiger charge is -2.34. The predicted molar refractivity (Wildman–Crippen MR) is 104 cm³/mol. The van der Waals surface area contributed by atoms with Crippen LogP contribution in [0.1, 0.15) is 28.8 Å². The molecule has 4 rings (SSSR count).